The van der Waals surface area contributed by atoms with Crippen LogP contribution in [0.2, 0.25) is 0 Å². The van der Waals surface area contributed by atoms with Gasteiger partial charge in [0.05, 0.1) is 11.4 Å². The average molecular weight is 419 g/mol. The number of nitrogens with zero attached hydrogens (tertiary/aromatic N) is 2. The summed E-state index contributed by atoms with van der Waals surface area (Å²) in [6, 6.07) is 17.2. The van der Waals surface area contributed by atoms with Crippen LogP contribution in [0.3, 0.4) is 0 Å². The molecule has 8 heteroatoms. The number of benzene rings is 2. The van der Waals surface area contributed by atoms with Crippen molar-refractivity contribution in [2.45, 2.75) is 6.42 Å². The number of carboxylic acid groups (broad SMARTS) is 1. The molecule has 2 N–H and O–H groups in total. The van der Waals surface area contributed by atoms with Crippen LogP contribution in [0.25, 0.3) is 0 Å². The smallest absolute Gasteiger partial charge is 0.354 e. The molecule has 2 heterocycles. The molecule has 4 rings (SSSR count). The maximum atomic E-state index is 13.0. The molecule has 0 aliphatic carbocycles. The summed E-state index contributed by atoms with van der Waals surface area (Å²) in [4.78, 5) is 14.7. The van der Waals surface area contributed by atoms with E-state index < -0.39 is 16.2 Å². The van der Waals surface area contributed by atoms with E-state index in [9.17, 15) is 13.2 Å². The first-order chi connectivity index (χ1) is 14.4. The molecule has 0 spiro atoms. The van der Waals surface area contributed by atoms with Crippen LogP contribution in [0.5, 0.6) is 0 Å². The molecule has 7 nitrogen and oxygen atoms in total. The van der Waals surface area contributed by atoms with Gasteiger partial charge in [-0.15, -0.1) is 0 Å². The van der Waals surface area contributed by atoms with Crippen molar-refractivity contribution in [1.82, 2.24) is 4.98 Å². The topological polar surface area (TPSA) is 99.6 Å². The van der Waals surface area contributed by atoms with E-state index in [4.69, 9.17) is 5.11 Å². The van der Waals surface area contributed by atoms with Crippen LogP contribution in [0.4, 0.5) is 11.4 Å². The summed E-state index contributed by atoms with van der Waals surface area (Å²) in [7, 11) is -3.81. The minimum absolute atomic E-state index is 0.0698. The SMILES string of the molecule is O=C(O)c1ccc(C#Cc2ccccc2NS(=O)(=O)N2CCc3ccccc32)cn1. The molecule has 0 radical (unpaired) electrons. The first kappa shape index (κ1) is 19.5. The second-order valence-corrected chi connectivity index (χ2v) is 8.19. The van der Waals surface area contributed by atoms with Crippen LogP contribution in [-0.4, -0.2) is 31.0 Å². The highest BCUT2D eigenvalue weighted by Gasteiger charge is 2.29. The van der Waals surface area contributed by atoms with Gasteiger partial charge in [-0.3, -0.25) is 9.03 Å². The first-order valence-electron chi connectivity index (χ1n) is 9.13. The third-order valence-electron chi connectivity index (χ3n) is 4.62. The van der Waals surface area contributed by atoms with Crippen molar-refractivity contribution in [3.05, 3.63) is 89.2 Å². The van der Waals surface area contributed by atoms with Crippen molar-refractivity contribution >= 4 is 27.6 Å². The van der Waals surface area contributed by atoms with E-state index in [2.05, 4.69) is 21.5 Å². The minimum atomic E-state index is -3.81. The van der Waals surface area contributed by atoms with E-state index in [0.717, 1.165) is 5.56 Å². The summed E-state index contributed by atoms with van der Waals surface area (Å²) in [5, 5.41) is 8.91. The largest absolute Gasteiger partial charge is 0.477 e. The maximum absolute atomic E-state index is 13.0. The number of rotatable bonds is 4. The quantitative estimate of drug-likeness (QED) is 0.634. The zero-order valence-corrected chi connectivity index (χ0v) is 16.6. The van der Waals surface area contributed by atoms with Gasteiger partial charge >= 0.3 is 16.2 Å². The lowest BCUT2D eigenvalue weighted by molar-refractivity contribution is 0.0690. The Kier molecular flexibility index (Phi) is 5.12. The number of para-hydroxylation sites is 2. The number of nitrogens with one attached hydrogen (secondary N) is 1. The number of fused-ring (bicyclic) bond motifs is 1. The van der Waals surface area contributed by atoms with Crippen LogP contribution >= 0.6 is 0 Å². The first-order valence-corrected chi connectivity index (χ1v) is 10.6. The van der Waals surface area contributed by atoms with E-state index in [0.29, 0.717) is 35.5 Å². The summed E-state index contributed by atoms with van der Waals surface area (Å²) in [6.45, 7) is 0.379. The lowest BCUT2D eigenvalue weighted by Crippen LogP contribution is -2.34. The van der Waals surface area contributed by atoms with Crippen LogP contribution in [0.15, 0.2) is 66.9 Å². The molecule has 0 saturated heterocycles. The van der Waals surface area contributed by atoms with E-state index >= 15 is 0 Å². The predicted octanol–water partition coefficient (Wildman–Crippen LogP) is 2.90. The molecular weight excluding hydrogens is 402 g/mol. The Morgan fingerprint density at radius 3 is 2.57 bits per heavy atom. The molecule has 30 heavy (non-hydrogen) atoms. The number of aromatic carboxylic acids is 1. The number of aromatic nitrogens is 1. The summed E-state index contributed by atoms with van der Waals surface area (Å²) >= 11 is 0. The Bertz CT molecular complexity index is 1280. The van der Waals surface area contributed by atoms with Gasteiger partial charge in [0.15, 0.2) is 0 Å². The number of hydrogen-bond acceptors (Lipinski definition) is 4. The van der Waals surface area contributed by atoms with Gasteiger partial charge in [-0.05, 0) is 42.3 Å². The molecule has 2 aromatic carbocycles. The lowest BCUT2D eigenvalue weighted by atomic mass is 10.1. The van der Waals surface area contributed by atoms with Gasteiger partial charge in [-0.25, -0.2) is 9.78 Å². The summed E-state index contributed by atoms with van der Waals surface area (Å²) < 4.78 is 30.0. The Hall–Kier alpha value is -3.83. The van der Waals surface area contributed by atoms with Gasteiger partial charge in [-0.1, -0.05) is 42.2 Å². The van der Waals surface area contributed by atoms with Crippen LogP contribution < -0.4 is 9.03 Å². The van der Waals surface area contributed by atoms with E-state index in [1.54, 1.807) is 36.4 Å². The van der Waals surface area contributed by atoms with Crippen molar-refractivity contribution in [2.75, 3.05) is 15.6 Å². The molecule has 0 bridgehead atoms. The number of hydrogen-bond donors (Lipinski definition) is 2. The molecule has 150 valence electrons. The fourth-order valence-corrected chi connectivity index (χ4v) is 4.50. The highest BCUT2D eigenvalue weighted by Crippen LogP contribution is 2.30. The van der Waals surface area contributed by atoms with Crippen LogP contribution in [-0.2, 0) is 16.6 Å². The minimum Gasteiger partial charge on any atom is -0.477 e. The van der Waals surface area contributed by atoms with Gasteiger partial charge < -0.3 is 5.11 Å². The number of pyridine rings is 1. The molecule has 0 unspecified atom stereocenters. The zero-order valence-electron chi connectivity index (χ0n) is 15.7. The Labute approximate surface area is 174 Å². The van der Waals surface area contributed by atoms with E-state index in [1.807, 2.05) is 18.2 Å². The summed E-state index contributed by atoms with van der Waals surface area (Å²) in [6.07, 6.45) is 2.03. The van der Waals surface area contributed by atoms with E-state index in [-0.39, 0.29) is 5.69 Å². The lowest BCUT2D eigenvalue weighted by Gasteiger charge is -2.21. The maximum Gasteiger partial charge on any atom is 0.354 e. The monoisotopic (exact) mass is 419 g/mol. The second kappa shape index (κ2) is 7.89. The summed E-state index contributed by atoms with van der Waals surface area (Å²) in [5.74, 6) is 4.70. The Morgan fingerprint density at radius 2 is 1.80 bits per heavy atom. The third kappa shape index (κ3) is 3.97. The molecule has 3 aromatic rings. The standard InChI is InChI=1S/C22H17N3O4S/c26-22(27)20-12-10-16(15-23-20)9-11-17-5-1-3-7-19(17)24-30(28,29)25-14-13-18-6-2-4-8-21(18)25/h1-8,10,12,15,24H,13-14H2,(H,26,27). The molecule has 1 aliphatic rings. The molecule has 0 amide bonds. The third-order valence-corrected chi connectivity index (χ3v) is 6.06. The molecule has 1 aromatic heterocycles. The number of carbonyl (C=O) groups is 1. The molecule has 0 saturated carbocycles. The Balaban J connectivity index is 1.59. The number of carboxylic acids is 1. The highest BCUT2D eigenvalue weighted by molar-refractivity contribution is 7.94. The van der Waals surface area contributed by atoms with Crippen molar-refractivity contribution in [3.63, 3.8) is 0 Å². The fraction of sp³-hybridized carbons (Fsp3) is 0.0909. The van der Waals surface area contributed by atoms with Crippen molar-refractivity contribution < 1.29 is 18.3 Å². The molecule has 1 aliphatic heterocycles. The molecule has 0 atom stereocenters. The normalized spacial score (nSPS) is 12.6. The average Bonchev–Trinajstić information content (AvgIpc) is 3.18. The predicted molar refractivity (Wildman–Crippen MR) is 114 cm³/mol. The molecule has 0 fully saturated rings. The zero-order chi connectivity index (χ0) is 21.1. The van der Waals surface area contributed by atoms with Gasteiger partial charge in [0.1, 0.15) is 5.69 Å². The second-order valence-electron chi connectivity index (χ2n) is 6.59. The van der Waals surface area contributed by atoms with Crippen molar-refractivity contribution in [2.24, 2.45) is 0 Å². The van der Waals surface area contributed by atoms with Crippen LogP contribution in [0, 0.1) is 11.8 Å². The number of anilines is 2. The van der Waals surface area contributed by atoms with Gasteiger partial charge in [0.25, 0.3) is 0 Å². The molecular formula is C22H17N3O4S. The van der Waals surface area contributed by atoms with Gasteiger partial charge in [0, 0.05) is 23.9 Å². The van der Waals surface area contributed by atoms with E-state index in [1.165, 1.54) is 16.6 Å². The van der Waals surface area contributed by atoms with Crippen molar-refractivity contribution in [3.8, 4) is 11.8 Å². The van der Waals surface area contributed by atoms with Crippen LogP contribution in [0.1, 0.15) is 27.2 Å². The van der Waals surface area contributed by atoms with Gasteiger partial charge in [-0.2, -0.15) is 8.42 Å². The fourth-order valence-electron chi connectivity index (χ4n) is 3.17. The van der Waals surface area contributed by atoms with Gasteiger partial charge in [0.2, 0.25) is 0 Å². The van der Waals surface area contributed by atoms with Crippen molar-refractivity contribution in [1.29, 1.82) is 0 Å². The summed E-state index contributed by atoms with van der Waals surface area (Å²) in [5.41, 5.74) is 2.98. The highest BCUT2D eigenvalue weighted by atomic mass is 32.2. The Morgan fingerprint density at radius 1 is 1.03 bits per heavy atom.